The Balaban J connectivity index is 1.96. The number of halogens is 1. The van der Waals surface area contributed by atoms with Crippen LogP contribution in [0.25, 0.3) is 0 Å². The maximum absolute atomic E-state index is 5.85. The van der Waals surface area contributed by atoms with Crippen LogP contribution in [0.1, 0.15) is 32.0 Å². The second kappa shape index (κ2) is 7.05. The van der Waals surface area contributed by atoms with E-state index >= 15 is 0 Å². The fraction of sp³-hybridized carbons (Fsp3) is 0.353. The van der Waals surface area contributed by atoms with Crippen molar-refractivity contribution in [3.63, 3.8) is 0 Å². The molecule has 0 aliphatic carbocycles. The molecule has 1 aromatic heterocycles. The number of aromatic nitrogens is 1. The van der Waals surface area contributed by atoms with E-state index in [1.54, 1.807) is 6.20 Å². The monoisotopic (exact) mass is 348 g/mol. The van der Waals surface area contributed by atoms with E-state index in [4.69, 9.17) is 4.74 Å². The summed E-state index contributed by atoms with van der Waals surface area (Å²) in [6, 6.07) is 11.9. The van der Waals surface area contributed by atoms with E-state index in [0.29, 0.717) is 6.61 Å². The molecular weight excluding hydrogens is 328 g/mol. The average molecular weight is 349 g/mol. The Labute approximate surface area is 134 Å². The van der Waals surface area contributed by atoms with Gasteiger partial charge >= 0.3 is 0 Å². The first-order valence-corrected chi connectivity index (χ1v) is 7.79. The highest BCUT2D eigenvalue weighted by Gasteiger charge is 2.09. The van der Waals surface area contributed by atoms with Crippen LogP contribution >= 0.6 is 15.9 Å². The molecule has 2 aromatic rings. The molecule has 1 aromatic carbocycles. The lowest BCUT2D eigenvalue weighted by Gasteiger charge is -2.20. The molecule has 0 amide bonds. The van der Waals surface area contributed by atoms with Crippen molar-refractivity contribution in [1.82, 2.24) is 10.3 Å². The van der Waals surface area contributed by atoms with Gasteiger partial charge in [-0.15, -0.1) is 0 Å². The Bertz CT molecular complexity index is 593. The molecule has 0 aliphatic rings. The van der Waals surface area contributed by atoms with Gasteiger partial charge in [0.2, 0.25) is 0 Å². The van der Waals surface area contributed by atoms with Crippen LogP contribution in [0.4, 0.5) is 0 Å². The van der Waals surface area contributed by atoms with Crippen molar-refractivity contribution < 1.29 is 4.74 Å². The van der Waals surface area contributed by atoms with Crippen LogP contribution in [0.5, 0.6) is 5.75 Å². The Morgan fingerprint density at radius 2 is 1.95 bits per heavy atom. The molecule has 1 N–H and O–H groups in total. The second-order valence-electron chi connectivity index (χ2n) is 5.97. The van der Waals surface area contributed by atoms with E-state index < -0.39 is 0 Å². The summed E-state index contributed by atoms with van der Waals surface area (Å²) in [4.78, 5) is 4.36. The number of nitrogens with one attached hydrogen (secondary N) is 1. The first-order chi connectivity index (χ1) is 9.94. The second-order valence-corrected chi connectivity index (χ2v) is 6.82. The number of benzene rings is 1. The molecule has 0 spiro atoms. The van der Waals surface area contributed by atoms with Gasteiger partial charge in [-0.25, -0.2) is 0 Å². The SMILES string of the molecule is CC(C)(C)NCc1cc(OCc2ccccc2Br)ccn1. The molecule has 3 nitrogen and oxygen atoms in total. The predicted octanol–water partition coefficient (Wildman–Crippen LogP) is 4.31. The summed E-state index contributed by atoms with van der Waals surface area (Å²) in [6.45, 7) is 7.69. The topological polar surface area (TPSA) is 34.1 Å². The minimum atomic E-state index is 0.0768. The van der Waals surface area contributed by atoms with Crippen molar-refractivity contribution in [3.8, 4) is 5.75 Å². The summed E-state index contributed by atoms with van der Waals surface area (Å²) in [5, 5.41) is 3.42. The molecule has 0 atom stereocenters. The van der Waals surface area contributed by atoms with Crippen molar-refractivity contribution in [3.05, 3.63) is 58.3 Å². The van der Waals surface area contributed by atoms with Crippen LogP contribution in [0.15, 0.2) is 47.1 Å². The van der Waals surface area contributed by atoms with Gasteiger partial charge in [-0.3, -0.25) is 4.98 Å². The van der Waals surface area contributed by atoms with E-state index in [0.717, 1.165) is 28.0 Å². The molecular formula is C17H21BrN2O. The third kappa shape index (κ3) is 5.48. The molecule has 0 unspecified atom stereocenters. The van der Waals surface area contributed by atoms with Crippen molar-refractivity contribution in [2.45, 2.75) is 39.5 Å². The molecule has 1 heterocycles. The first kappa shape index (κ1) is 16.0. The molecule has 0 bridgehead atoms. The third-order valence-electron chi connectivity index (χ3n) is 2.94. The lowest BCUT2D eigenvalue weighted by Crippen LogP contribution is -2.35. The van der Waals surface area contributed by atoms with Crippen LogP contribution in [-0.2, 0) is 13.2 Å². The molecule has 112 valence electrons. The van der Waals surface area contributed by atoms with Crippen molar-refractivity contribution >= 4 is 15.9 Å². The highest BCUT2D eigenvalue weighted by Crippen LogP contribution is 2.19. The summed E-state index contributed by atoms with van der Waals surface area (Å²) in [5.74, 6) is 0.839. The van der Waals surface area contributed by atoms with E-state index in [-0.39, 0.29) is 5.54 Å². The molecule has 0 aliphatic heterocycles. The number of ether oxygens (including phenoxy) is 1. The van der Waals surface area contributed by atoms with Crippen molar-refractivity contribution in [2.75, 3.05) is 0 Å². The summed E-state index contributed by atoms with van der Waals surface area (Å²) in [7, 11) is 0. The Hall–Kier alpha value is -1.39. The molecule has 4 heteroatoms. The highest BCUT2D eigenvalue weighted by molar-refractivity contribution is 9.10. The van der Waals surface area contributed by atoms with E-state index in [1.807, 2.05) is 36.4 Å². The van der Waals surface area contributed by atoms with Crippen LogP contribution in [-0.4, -0.2) is 10.5 Å². The van der Waals surface area contributed by atoms with Gasteiger partial charge in [0.25, 0.3) is 0 Å². The predicted molar refractivity (Wildman–Crippen MR) is 89.3 cm³/mol. The number of hydrogen-bond donors (Lipinski definition) is 1. The molecule has 2 rings (SSSR count). The van der Waals surface area contributed by atoms with Crippen LogP contribution in [0.2, 0.25) is 0 Å². The quantitative estimate of drug-likeness (QED) is 0.873. The number of nitrogens with zero attached hydrogens (tertiary/aromatic N) is 1. The number of hydrogen-bond acceptors (Lipinski definition) is 3. The largest absolute Gasteiger partial charge is 0.489 e. The lowest BCUT2D eigenvalue weighted by atomic mass is 10.1. The molecule has 0 fully saturated rings. The minimum absolute atomic E-state index is 0.0768. The normalized spacial score (nSPS) is 11.4. The van der Waals surface area contributed by atoms with Crippen molar-refractivity contribution in [2.24, 2.45) is 0 Å². The zero-order valence-electron chi connectivity index (χ0n) is 12.7. The van der Waals surface area contributed by atoms with Crippen LogP contribution < -0.4 is 10.1 Å². The summed E-state index contributed by atoms with van der Waals surface area (Å²) in [5.41, 5.74) is 2.19. The van der Waals surface area contributed by atoms with Crippen molar-refractivity contribution in [1.29, 1.82) is 0 Å². The fourth-order valence-electron chi connectivity index (χ4n) is 1.77. The van der Waals surface area contributed by atoms with E-state index in [9.17, 15) is 0 Å². The zero-order valence-corrected chi connectivity index (χ0v) is 14.3. The summed E-state index contributed by atoms with van der Waals surface area (Å²) < 4.78 is 6.91. The smallest absolute Gasteiger partial charge is 0.123 e. The van der Waals surface area contributed by atoms with Gasteiger partial charge in [0.15, 0.2) is 0 Å². The van der Waals surface area contributed by atoms with Gasteiger partial charge < -0.3 is 10.1 Å². The van der Waals surface area contributed by atoms with Crippen LogP contribution in [0, 0.1) is 0 Å². The third-order valence-corrected chi connectivity index (χ3v) is 3.71. The zero-order chi connectivity index (χ0) is 15.3. The highest BCUT2D eigenvalue weighted by atomic mass is 79.9. The van der Waals surface area contributed by atoms with Gasteiger partial charge in [0.05, 0.1) is 5.69 Å². The molecule has 0 saturated carbocycles. The lowest BCUT2D eigenvalue weighted by molar-refractivity contribution is 0.304. The van der Waals surface area contributed by atoms with Gasteiger partial charge in [-0.1, -0.05) is 34.1 Å². The summed E-state index contributed by atoms with van der Waals surface area (Å²) >= 11 is 3.53. The van der Waals surface area contributed by atoms with Gasteiger partial charge in [-0.05, 0) is 32.9 Å². The van der Waals surface area contributed by atoms with Gasteiger partial charge in [-0.2, -0.15) is 0 Å². The maximum Gasteiger partial charge on any atom is 0.123 e. The Morgan fingerprint density at radius 1 is 1.19 bits per heavy atom. The van der Waals surface area contributed by atoms with E-state index in [2.05, 4.69) is 47.0 Å². The number of rotatable bonds is 5. The summed E-state index contributed by atoms with van der Waals surface area (Å²) in [6.07, 6.45) is 1.79. The Kier molecular flexibility index (Phi) is 5.37. The Morgan fingerprint density at radius 3 is 2.67 bits per heavy atom. The molecule has 0 radical (unpaired) electrons. The maximum atomic E-state index is 5.85. The molecule has 21 heavy (non-hydrogen) atoms. The molecule has 0 saturated heterocycles. The van der Waals surface area contributed by atoms with Crippen LogP contribution in [0.3, 0.4) is 0 Å². The first-order valence-electron chi connectivity index (χ1n) is 7.00. The van der Waals surface area contributed by atoms with E-state index in [1.165, 1.54) is 0 Å². The minimum Gasteiger partial charge on any atom is -0.489 e. The fourth-order valence-corrected chi connectivity index (χ4v) is 2.17. The van der Waals surface area contributed by atoms with Gasteiger partial charge in [0, 0.05) is 34.4 Å². The number of pyridine rings is 1. The van der Waals surface area contributed by atoms with Gasteiger partial charge in [0.1, 0.15) is 12.4 Å². The standard InChI is InChI=1S/C17H21BrN2O/c1-17(2,3)20-11-14-10-15(8-9-19-14)21-12-13-6-4-5-7-16(13)18/h4-10,20H,11-12H2,1-3H3. The average Bonchev–Trinajstić information content (AvgIpc) is 2.44.